The van der Waals surface area contributed by atoms with Gasteiger partial charge in [0.2, 0.25) is 5.91 Å². The summed E-state index contributed by atoms with van der Waals surface area (Å²) in [6.45, 7) is 0. The van der Waals surface area contributed by atoms with Crippen molar-refractivity contribution >= 4 is 28.2 Å². The molecule has 0 spiro atoms. The largest absolute Gasteiger partial charge is 0.338 e. The van der Waals surface area contributed by atoms with E-state index in [1.165, 1.54) is 29.5 Å². The van der Waals surface area contributed by atoms with Crippen LogP contribution >= 0.6 is 11.3 Å². The van der Waals surface area contributed by atoms with Gasteiger partial charge in [0.1, 0.15) is 11.7 Å². The summed E-state index contributed by atoms with van der Waals surface area (Å²) >= 11 is 1.44. The molecule has 5 nitrogen and oxygen atoms in total. The van der Waals surface area contributed by atoms with Gasteiger partial charge in [0.25, 0.3) is 0 Å². The van der Waals surface area contributed by atoms with Gasteiger partial charge in [-0.25, -0.2) is 9.37 Å². The number of hydrogen-bond donors (Lipinski definition) is 3. The number of anilines is 1. The molecule has 1 aromatic carbocycles. The number of carbonyl (C=O) groups is 1. The van der Waals surface area contributed by atoms with E-state index in [9.17, 15) is 9.18 Å². The van der Waals surface area contributed by atoms with Crippen LogP contribution in [0.5, 0.6) is 0 Å². The van der Waals surface area contributed by atoms with Crippen molar-refractivity contribution < 1.29 is 9.18 Å². The maximum Gasteiger partial charge on any atom is 0.236 e. The summed E-state index contributed by atoms with van der Waals surface area (Å²) in [6, 6.07) is 5.97. The zero-order valence-electron chi connectivity index (χ0n) is 12.2. The number of benzene rings is 1. The quantitative estimate of drug-likeness (QED) is 0.582. The lowest BCUT2D eigenvalue weighted by Crippen LogP contribution is -2.37. The molecule has 3 N–H and O–H groups in total. The van der Waals surface area contributed by atoms with Crippen LogP contribution < -0.4 is 10.6 Å². The first-order valence-corrected chi connectivity index (χ1v) is 7.97. The Morgan fingerprint density at radius 2 is 2.09 bits per heavy atom. The van der Waals surface area contributed by atoms with Crippen molar-refractivity contribution in [3.05, 3.63) is 59.5 Å². The lowest BCUT2D eigenvalue weighted by atomic mass is 9.95. The maximum absolute atomic E-state index is 13.0. The fourth-order valence-electron chi connectivity index (χ4n) is 2.32. The molecule has 2 aromatic rings. The second-order valence-corrected chi connectivity index (χ2v) is 6.17. The summed E-state index contributed by atoms with van der Waals surface area (Å²) in [5.74, 6) is -0.561. The van der Waals surface area contributed by atoms with E-state index in [-0.39, 0.29) is 17.6 Å². The van der Waals surface area contributed by atoms with Gasteiger partial charge in [-0.1, -0.05) is 12.1 Å². The van der Waals surface area contributed by atoms with Crippen LogP contribution in [0.1, 0.15) is 18.4 Å². The second kappa shape index (κ2) is 6.29. The topological polar surface area (TPSA) is 77.9 Å². The smallest absolute Gasteiger partial charge is 0.236 e. The van der Waals surface area contributed by atoms with E-state index in [1.807, 2.05) is 5.38 Å². The Morgan fingerprint density at radius 1 is 1.35 bits per heavy atom. The number of nitrogens with one attached hydrogen (secondary N) is 3. The van der Waals surface area contributed by atoms with Crippen LogP contribution in [0, 0.1) is 11.2 Å². The molecule has 23 heavy (non-hydrogen) atoms. The molecule has 1 fully saturated rings. The Bertz CT molecular complexity index is 736. The van der Waals surface area contributed by atoms with Crippen molar-refractivity contribution in [3.8, 4) is 0 Å². The molecule has 0 radical (unpaired) electrons. The fraction of sp³-hybridized carbons (Fsp3) is 0.188. The van der Waals surface area contributed by atoms with Crippen molar-refractivity contribution in [3.63, 3.8) is 0 Å². The summed E-state index contributed by atoms with van der Waals surface area (Å²) in [5, 5.41) is 15.9. The highest BCUT2D eigenvalue weighted by atomic mass is 32.1. The first-order chi connectivity index (χ1) is 11.1. The van der Waals surface area contributed by atoms with E-state index >= 15 is 0 Å². The van der Waals surface area contributed by atoms with Crippen LogP contribution in [0.4, 0.5) is 9.52 Å². The van der Waals surface area contributed by atoms with E-state index in [0.29, 0.717) is 18.0 Å². The third-order valence-corrected chi connectivity index (χ3v) is 4.42. The minimum Gasteiger partial charge on any atom is -0.338 e. The minimum absolute atomic E-state index is 0.00700. The zero-order valence-corrected chi connectivity index (χ0v) is 13.0. The summed E-state index contributed by atoms with van der Waals surface area (Å²) in [4.78, 5) is 16.4. The van der Waals surface area contributed by atoms with Gasteiger partial charge in [0.05, 0.1) is 5.41 Å². The normalized spacial score (nSPS) is 15.3. The molecule has 0 aliphatic heterocycles. The molecule has 1 aromatic heterocycles. The Hall–Kier alpha value is -2.54. The van der Waals surface area contributed by atoms with E-state index in [2.05, 4.69) is 15.6 Å². The number of amidine groups is 1. The summed E-state index contributed by atoms with van der Waals surface area (Å²) in [7, 11) is 0. The molecule has 1 saturated carbocycles. The first-order valence-electron chi connectivity index (χ1n) is 7.09. The molecular formula is C16H15FN4OS. The SMILES string of the molecule is N=C(/C=C\Nc1nccs1)NC(=O)C1(c2ccc(F)cc2)CC1. The molecule has 0 atom stereocenters. The van der Waals surface area contributed by atoms with Crippen LogP contribution in [-0.2, 0) is 10.2 Å². The highest BCUT2D eigenvalue weighted by molar-refractivity contribution is 7.13. The third-order valence-electron chi connectivity index (χ3n) is 3.72. The van der Waals surface area contributed by atoms with Gasteiger partial charge in [-0.15, -0.1) is 11.3 Å². The van der Waals surface area contributed by atoms with Crippen LogP contribution in [0.3, 0.4) is 0 Å². The highest BCUT2D eigenvalue weighted by Crippen LogP contribution is 2.48. The van der Waals surface area contributed by atoms with E-state index < -0.39 is 5.41 Å². The van der Waals surface area contributed by atoms with Gasteiger partial charge in [-0.05, 0) is 36.6 Å². The van der Waals surface area contributed by atoms with E-state index in [4.69, 9.17) is 5.41 Å². The van der Waals surface area contributed by atoms with Gasteiger partial charge in [0.15, 0.2) is 5.13 Å². The van der Waals surface area contributed by atoms with Gasteiger partial charge >= 0.3 is 0 Å². The standard InChI is InChI=1S/C16H15FN4OS/c17-12-3-1-11(2-4-12)16(6-7-16)14(22)21-13(18)5-8-19-15-20-9-10-23-15/h1-5,8-10H,6-7H2,(H,19,20)(H2,18,21,22)/b8-5-. The van der Waals surface area contributed by atoms with Gasteiger partial charge < -0.3 is 10.6 Å². The molecule has 1 heterocycles. The van der Waals surface area contributed by atoms with Crippen molar-refractivity contribution in [2.45, 2.75) is 18.3 Å². The molecule has 0 bridgehead atoms. The van der Waals surface area contributed by atoms with E-state index in [1.54, 1.807) is 24.5 Å². The van der Waals surface area contributed by atoms with Gasteiger partial charge in [-0.3, -0.25) is 10.2 Å². The molecule has 0 unspecified atom stereocenters. The number of halogens is 1. The summed E-state index contributed by atoms with van der Waals surface area (Å²) < 4.78 is 13.0. The molecule has 7 heteroatoms. The van der Waals surface area contributed by atoms with Gasteiger partial charge in [-0.2, -0.15) is 0 Å². The number of amides is 1. The molecule has 1 aliphatic rings. The van der Waals surface area contributed by atoms with Crippen molar-refractivity contribution in [1.82, 2.24) is 10.3 Å². The predicted octanol–water partition coefficient (Wildman–Crippen LogP) is 3.03. The molecule has 1 amide bonds. The number of aromatic nitrogens is 1. The molecular weight excluding hydrogens is 315 g/mol. The van der Waals surface area contributed by atoms with Crippen molar-refractivity contribution in [1.29, 1.82) is 5.41 Å². The number of rotatable bonds is 5. The van der Waals surface area contributed by atoms with Crippen LogP contribution in [0.2, 0.25) is 0 Å². The van der Waals surface area contributed by atoms with Crippen LogP contribution in [-0.4, -0.2) is 16.7 Å². The van der Waals surface area contributed by atoms with Gasteiger partial charge in [0, 0.05) is 17.8 Å². The van der Waals surface area contributed by atoms with Crippen molar-refractivity contribution in [2.24, 2.45) is 0 Å². The lowest BCUT2D eigenvalue weighted by Gasteiger charge is -2.15. The third kappa shape index (κ3) is 3.45. The Balaban J connectivity index is 1.59. The summed E-state index contributed by atoms with van der Waals surface area (Å²) in [5.41, 5.74) is 0.158. The predicted molar refractivity (Wildman–Crippen MR) is 88.1 cm³/mol. The maximum atomic E-state index is 13.0. The second-order valence-electron chi connectivity index (χ2n) is 5.27. The minimum atomic E-state index is -0.628. The average Bonchev–Trinajstić information content (AvgIpc) is 3.18. The molecule has 1 aliphatic carbocycles. The highest BCUT2D eigenvalue weighted by Gasteiger charge is 2.51. The average molecular weight is 330 g/mol. The lowest BCUT2D eigenvalue weighted by molar-refractivity contribution is -0.122. The van der Waals surface area contributed by atoms with Crippen LogP contribution in [0.15, 0.2) is 48.1 Å². The number of thiazole rings is 1. The first kappa shape index (κ1) is 15.4. The fourth-order valence-corrected chi connectivity index (χ4v) is 2.82. The number of carbonyl (C=O) groups excluding carboxylic acids is 1. The Morgan fingerprint density at radius 3 is 2.70 bits per heavy atom. The Kier molecular flexibility index (Phi) is 4.20. The molecule has 0 saturated heterocycles. The number of nitrogens with zero attached hydrogens (tertiary/aromatic N) is 1. The number of hydrogen-bond acceptors (Lipinski definition) is 5. The molecule has 118 valence electrons. The summed E-state index contributed by atoms with van der Waals surface area (Å²) in [6.07, 6.45) is 6.10. The monoisotopic (exact) mass is 330 g/mol. The Labute approximate surface area is 136 Å². The van der Waals surface area contributed by atoms with Crippen LogP contribution in [0.25, 0.3) is 0 Å². The van der Waals surface area contributed by atoms with E-state index in [0.717, 1.165) is 5.56 Å². The van der Waals surface area contributed by atoms with Crippen molar-refractivity contribution in [2.75, 3.05) is 5.32 Å². The molecule has 3 rings (SSSR count). The zero-order chi connectivity index (χ0) is 16.3.